The second-order valence-electron chi connectivity index (χ2n) is 8.77. The van der Waals surface area contributed by atoms with Crippen molar-refractivity contribution in [1.29, 1.82) is 0 Å². The topological polar surface area (TPSA) is 132 Å². The summed E-state index contributed by atoms with van der Waals surface area (Å²) >= 11 is 0. The minimum absolute atomic E-state index is 0.311. The molecule has 168 valence electrons. The molecule has 9 nitrogen and oxygen atoms in total. The van der Waals surface area contributed by atoms with E-state index in [-0.39, 0.29) is 11.5 Å². The predicted octanol–water partition coefficient (Wildman–Crippen LogP) is 0.858. The lowest BCUT2D eigenvalue weighted by Gasteiger charge is -2.33. The number of hydrogen-bond acceptors (Lipinski definition) is 8. The molecule has 0 aliphatic carbocycles. The average molecular weight is 451 g/mol. The van der Waals surface area contributed by atoms with Crippen molar-refractivity contribution in [3.8, 4) is 11.5 Å². The Hall–Kier alpha value is -2.59. The van der Waals surface area contributed by atoms with Crippen LogP contribution in [-0.2, 0) is 21.1 Å². The van der Waals surface area contributed by atoms with E-state index in [1.54, 1.807) is 13.0 Å². The predicted molar refractivity (Wildman–Crippen MR) is 112 cm³/mol. The zero-order chi connectivity index (χ0) is 22.6. The molecule has 31 heavy (non-hydrogen) atoms. The molecule has 0 unspecified atom stereocenters. The van der Waals surface area contributed by atoms with Crippen LogP contribution in [0, 0.1) is 6.92 Å². The summed E-state index contributed by atoms with van der Waals surface area (Å²) in [6, 6.07) is 2.17. The van der Waals surface area contributed by atoms with Gasteiger partial charge in [0.15, 0.2) is 16.4 Å². The fourth-order valence-corrected chi connectivity index (χ4v) is 5.83. The molecule has 1 fully saturated rings. The molecule has 10 heteroatoms. The van der Waals surface area contributed by atoms with Crippen molar-refractivity contribution < 1.29 is 32.2 Å². The van der Waals surface area contributed by atoms with Crippen LogP contribution in [0.5, 0.6) is 11.5 Å². The van der Waals surface area contributed by atoms with Gasteiger partial charge < -0.3 is 24.3 Å². The summed E-state index contributed by atoms with van der Waals surface area (Å²) in [6.45, 7) is 5.27. The first-order chi connectivity index (χ1) is 14.4. The van der Waals surface area contributed by atoms with Gasteiger partial charge in [-0.3, -0.25) is 4.79 Å². The lowest BCUT2D eigenvalue weighted by molar-refractivity contribution is -0.124. The zero-order valence-electron chi connectivity index (χ0n) is 17.6. The van der Waals surface area contributed by atoms with Crippen molar-refractivity contribution in [1.82, 2.24) is 5.32 Å². The van der Waals surface area contributed by atoms with E-state index in [1.165, 1.54) is 6.07 Å². The highest BCUT2D eigenvalue weighted by Crippen LogP contribution is 2.42. The van der Waals surface area contributed by atoms with Crippen LogP contribution < -0.4 is 20.4 Å². The van der Waals surface area contributed by atoms with Crippen LogP contribution in [0.2, 0.25) is 0 Å². The van der Waals surface area contributed by atoms with Gasteiger partial charge in [0.05, 0.1) is 29.0 Å². The summed E-state index contributed by atoms with van der Waals surface area (Å²) in [4.78, 5) is 24.3. The number of amides is 1. The molecule has 0 radical (unpaired) electrons. The van der Waals surface area contributed by atoms with Gasteiger partial charge in [-0.05, 0) is 39.2 Å². The van der Waals surface area contributed by atoms with Gasteiger partial charge in [0.1, 0.15) is 22.7 Å². The van der Waals surface area contributed by atoms with E-state index in [1.807, 2.05) is 13.8 Å². The first kappa shape index (κ1) is 21.6. The Kier molecular flexibility index (Phi) is 5.25. The van der Waals surface area contributed by atoms with E-state index >= 15 is 0 Å². The molecule has 2 aliphatic heterocycles. The highest BCUT2D eigenvalue weighted by molar-refractivity contribution is 7.91. The van der Waals surface area contributed by atoms with Crippen LogP contribution in [0.1, 0.15) is 31.4 Å². The number of aliphatic hydroxyl groups is 1. The number of aliphatic hydroxyl groups excluding tert-OH is 1. The standard InChI is InChI=1S/C21H25NO8S/c1-11-6-18(25)29-20-12-4-5-21(2,3)30-15(12)7-16(19(11)20)28-8-17(24)22-13-9-31(26,27)10-14(13)23/h6-7,13-14,23H,4-5,8-10H2,1-3H3,(H,22,24)/t13-,14-/m1/s1. The molecule has 1 saturated heterocycles. The van der Waals surface area contributed by atoms with Crippen molar-refractivity contribution in [3.63, 3.8) is 0 Å². The second kappa shape index (κ2) is 7.52. The maximum atomic E-state index is 12.3. The highest BCUT2D eigenvalue weighted by Gasteiger charge is 2.37. The average Bonchev–Trinajstić information content (AvgIpc) is 2.89. The number of aryl methyl sites for hydroxylation is 2. The minimum Gasteiger partial charge on any atom is -0.487 e. The summed E-state index contributed by atoms with van der Waals surface area (Å²) in [7, 11) is -3.38. The van der Waals surface area contributed by atoms with Gasteiger partial charge in [-0.15, -0.1) is 0 Å². The van der Waals surface area contributed by atoms with Crippen LogP contribution in [-0.4, -0.2) is 55.3 Å². The minimum atomic E-state index is -3.38. The van der Waals surface area contributed by atoms with Crippen LogP contribution in [0.15, 0.2) is 21.3 Å². The van der Waals surface area contributed by atoms with Crippen LogP contribution >= 0.6 is 0 Å². The molecule has 0 saturated carbocycles. The van der Waals surface area contributed by atoms with Crippen molar-refractivity contribution in [2.75, 3.05) is 18.1 Å². The third-order valence-electron chi connectivity index (χ3n) is 5.63. The van der Waals surface area contributed by atoms with Crippen molar-refractivity contribution >= 4 is 26.7 Å². The number of nitrogens with one attached hydrogen (secondary N) is 1. The van der Waals surface area contributed by atoms with Crippen molar-refractivity contribution in [3.05, 3.63) is 33.7 Å². The van der Waals surface area contributed by atoms with Crippen LogP contribution in [0.3, 0.4) is 0 Å². The molecule has 3 heterocycles. The number of sulfone groups is 1. The normalized spacial score (nSPS) is 23.7. The summed E-state index contributed by atoms with van der Waals surface area (Å²) in [5.74, 6) is -0.398. The van der Waals surface area contributed by atoms with E-state index in [9.17, 15) is 23.1 Å². The zero-order valence-corrected chi connectivity index (χ0v) is 18.4. The number of carbonyl (C=O) groups excluding carboxylic acids is 1. The number of carbonyl (C=O) groups is 1. The van der Waals surface area contributed by atoms with Gasteiger partial charge in [-0.25, -0.2) is 13.2 Å². The summed E-state index contributed by atoms with van der Waals surface area (Å²) < 4.78 is 40.5. The maximum absolute atomic E-state index is 12.3. The van der Waals surface area contributed by atoms with Crippen molar-refractivity contribution in [2.24, 2.45) is 0 Å². The Labute approximate surface area is 179 Å². The number of benzene rings is 1. The lowest BCUT2D eigenvalue weighted by atomic mass is 9.92. The molecular formula is C21H25NO8S. The van der Waals surface area contributed by atoms with Gasteiger partial charge in [0, 0.05) is 17.7 Å². The number of fused-ring (bicyclic) bond motifs is 3. The molecule has 4 rings (SSSR count). The molecule has 1 aromatic carbocycles. The van der Waals surface area contributed by atoms with Crippen LogP contribution in [0.4, 0.5) is 0 Å². The fraction of sp³-hybridized carbons (Fsp3) is 0.524. The Morgan fingerprint density at radius 2 is 2.06 bits per heavy atom. The third-order valence-corrected chi connectivity index (χ3v) is 7.35. The smallest absolute Gasteiger partial charge is 0.336 e. The van der Waals surface area contributed by atoms with Gasteiger partial charge in [-0.1, -0.05) is 0 Å². The van der Waals surface area contributed by atoms with E-state index in [2.05, 4.69) is 5.32 Å². The SMILES string of the molecule is Cc1cc(=O)oc2c3c(cc(OCC(=O)N[C@@H]4CS(=O)(=O)C[C@H]4O)c12)OC(C)(C)CC3. The highest BCUT2D eigenvalue weighted by atomic mass is 32.2. The van der Waals surface area contributed by atoms with E-state index in [4.69, 9.17) is 13.9 Å². The summed E-state index contributed by atoms with van der Waals surface area (Å²) in [5, 5.41) is 12.9. The largest absolute Gasteiger partial charge is 0.487 e. The quantitative estimate of drug-likeness (QED) is 0.654. The molecule has 2 aromatic rings. The van der Waals surface area contributed by atoms with Gasteiger partial charge in [-0.2, -0.15) is 0 Å². The monoisotopic (exact) mass is 451 g/mol. The molecule has 2 aliphatic rings. The molecule has 1 amide bonds. The van der Waals surface area contributed by atoms with E-state index < -0.39 is 45.7 Å². The van der Waals surface area contributed by atoms with Crippen LogP contribution in [0.25, 0.3) is 11.0 Å². The van der Waals surface area contributed by atoms with E-state index in [0.29, 0.717) is 34.5 Å². The Morgan fingerprint density at radius 3 is 2.74 bits per heavy atom. The molecule has 1 aromatic heterocycles. The Morgan fingerprint density at radius 1 is 1.32 bits per heavy atom. The number of ether oxygens (including phenoxy) is 2. The van der Waals surface area contributed by atoms with Crippen molar-refractivity contribution in [2.45, 2.75) is 51.4 Å². The van der Waals surface area contributed by atoms with E-state index in [0.717, 1.165) is 12.0 Å². The first-order valence-electron chi connectivity index (χ1n) is 10.0. The summed E-state index contributed by atoms with van der Waals surface area (Å²) in [5.41, 5.74) is 0.927. The Bertz CT molecular complexity index is 1210. The molecule has 2 N–H and O–H groups in total. The third kappa shape index (κ3) is 4.40. The molecule has 0 spiro atoms. The maximum Gasteiger partial charge on any atom is 0.336 e. The lowest BCUT2D eigenvalue weighted by Crippen LogP contribution is -2.44. The van der Waals surface area contributed by atoms with Gasteiger partial charge in [0.25, 0.3) is 5.91 Å². The first-order valence-corrected chi connectivity index (χ1v) is 11.9. The molecular weight excluding hydrogens is 426 g/mol. The number of rotatable bonds is 4. The summed E-state index contributed by atoms with van der Waals surface area (Å²) in [6.07, 6.45) is 0.271. The fourth-order valence-electron chi connectivity index (χ4n) is 4.09. The number of hydrogen-bond donors (Lipinski definition) is 2. The second-order valence-corrected chi connectivity index (χ2v) is 10.9. The van der Waals surface area contributed by atoms with Gasteiger partial charge in [0.2, 0.25) is 0 Å². The Balaban J connectivity index is 1.62. The molecule has 0 bridgehead atoms. The van der Waals surface area contributed by atoms with Gasteiger partial charge >= 0.3 is 5.63 Å². The molecule has 2 atom stereocenters.